The van der Waals surface area contributed by atoms with E-state index in [0.29, 0.717) is 11.5 Å². The summed E-state index contributed by atoms with van der Waals surface area (Å²) in [5, 5.41) is 13.6. The topological polar surface area (TPSA) is 49.3 Å². The quantitative estimate of drug-likeness (QED) is 0.841. The van der Waals surface area contributed by atoms with Crippen LogP contribution in [0.25, 0.3) is 0 Å². The number of amides is 1. The van der Waals surface area contributed by atoms with Gasteiger partial charge in [-0.1, -0.05) is 31.1 Å². The van der Waals surface area contributed by atoms with Gasteiger partial charge in [0.15, 0.2) is 0 Å². The summed E-state index contributed by atoms with van der Waals surface area (Å²) >= 11 is 1.43. The van der Waals surface area contributed by atoms with Crippen LogP contribution in [-0.4, -0.2) is 23.7 Å². The monoisotopic (exact) mass is 291 g/mol. The summed E-state index contributed by atoms with van der Waals surface area (Å²) in [5.74, 6) is 6.01. The zero-order valence-electron chi connectivity index (χ0n) is 11.8. The molecule has 0 bridgehead atoms. The zero-order chi connectivity index (χ0) is 14.4. The van der Waals surface area contributed by atoms with Crippen molar-refractivity contribution in [3.05, 3.63) is 21.9 Å². The minimum Gasteiger partial charge on any atom is -0.384 e. The van der Waals surface area contributed by atoms with Gasteiger partial charge in [0.1, 0.15) is 6.61 Å². The van der Waals surface area contributed by atoms with Crippen LogP contribution >= 0.6 is 11.3 Å². The predicted molar refractivity (Wildman–Crippen MR) is 81.8 cm³/mol. The van der Waals surface area contributed by atoms with Gasteiger partial charge in [-0.25, -0.2) is 0 Å². The van der Waals surface area contributed by atoms with Crippen LogP contribution in [-0.2, 0) is 0 Å². The number of nitrogens with one attached hydrogen (secondary N) is 1. The third-order valence-electron chi connectivity index (χ3n) is 3.87. The van der Waals surface area contributed by atoms with E-state index in [9.17, 15) is 4.79 Å². The van der Waals surface area contributed by atoms with Crippen molar-refractivity contribution < 1.29 is 9.90 Å². The first-order chi connectivity index (χ1) is 9.70. The van der Waals surface area contributed by atoms with Crippen molar-refractivity contribution >= 4 is 17.2 Å². The lowest BCUT2D eigenvalue weighted by atomic mass is 9.84. The van der Waals surface area contributed by atoms with Crippen molar-refractivity contribution in [3.8, 4) is 11.8 Å². The third kappa shape index (κ3) is 4.09. The van der Waals surface area contributed by atoms with Crippen molar-refractivity contribution in [1.82, 2.24) is 5.32 Å². The molecule has 1 amide bonds. The fourth-order valence-corrected chi connectivity index (χ4v) is 3.44. The maximum atomic E-state index is 12.2. The Morgan fingerprint density at radius 3 is 2.95 bits per heavy atom. The first kappa shape index (κ1) is 15.1. The Balaban J connectivity index is 1.92. The predicted octanol–water partition coefficient (Wildman–Crippen LogP) is 2.79. The van der Waals surface area contributed by atoms with Crippen LogP contribution in [0.4, 0.5) is 0 Å². The Morgan fingerprint density at radius 2 is 2.25 bits per heavy atom. The smallest absolute Gasteiger partial charge is 0.252 e. The highest BCUT2D eigenvalue weighted by molar-refractivity contribution is 7.10. The molecule has 1 aliphatic carbocycles. The van der Waals surface area contributed by atoms with Gasteiger partial charge in [-0.05, 0) is 31.7 Å². The number of aliphatic hydroxyl groups is 1. The Morgan fingerprint density at radius 1 is 1.50 bits per heavy atom. The molecule has 108 valence electrons. The van der Waals surface area contributed by atoms with E-state index in [-0.39, 0.29) is 18.6 Å². The van der Waals surface area contributed by atoms with E-state index >= 15 is 0 Å². The van der Waals surface area contributed by atoms with E-state index in [0.717, 1.165) is 4.88 Å². The van der Waals surface area contributed by atoms with Crippen LogP contribution in [0.5, 0.6) is 0 Å². The molecule has 1 fully saturated rings. The molecule has 1 saturated carbocycles. The molecule has 0 saturated heterocycles. The Bertz CT molecular complexity index is 506. The second-order valence-electron chi connectivity index (χ2n) is 5.32. The molecule has 0 aromatic carbocycles. The molecule has 3 nitrogen and oxygen atoms in total. The first-order valence-corrected chi connectivity index (χ1v) is 8.08. The summed E-state index contributed by atoms with van der Waals surface area (Å²) in [7, 11) is 0. The Labute approximate surface area is 124 Å². The molecular weight excluding hydrogens is 270 g/mol. The molecule has 0 aliphatic heterocycles. The molecular formula is C16H21NO2S. The van der Waals surface area contributed by atoms with Crippen LogP contribution in [0.3, 0.4) is 0 Å². The van der Waals surface area contributed by atoms with Crippen LogP contribution < -0.4 is 5.32 Å². The number of hydrogen-bond acceptors (Lipinski definition) is 3. The van der Waals surface area contributed by atoms with Crippen LogP contribution in [0.15, 0.2) is 11.4 Å². The Hall–Kier alpha value is -1.31. The lowest BCUT2D eigenvalue weighted by Gasteiger charge is -2.28. The van der Waals surface area contributed by atoms with Crippen molar-refractivity contribution in [3.63, 3.8) is 0 Å². The number of carbonyl (C=O) groups excluding carboxylic acids is 1. The summed E-state index contributed by atoms with van der Waals surface area (Å²) in [4.78, 5) is 13.0. The highest BCUT2D eigenvalue weighted by atomic mass is 32.1. The SMILES string of the molecule is CC(NC(=O)c1csc(C#CCO)c1)C1CCCCC1. The molecule has 0 radical (unpaired) electrons. The van der Waals surface area contributed by atoms with Crippen molar-refractivity contribution in [1.29, 1.82) is 0 Å². The highest BCUT2D eigenvalue weighted by Crippen LogP contribution is 2.26. The molecule has 2 N–H and O–H groups in total. The van der Waals surface area contributed by atoms with Crippen molar-refractivity contribution in [2.24, 2.45) is 5.92 Å². The number of hydrogen-bond donors (Lipinski definition) is 2. The summed E-state index contributed by atoms with van der Waals surface area (Å²) in [6.45, 7) is 1.95. The molecule has 2 rings (SSSR count). The number of carbonyl (C=O) groups is 1. The minimum absolute atomic E-state index is 0.0172. The van der Waals surface area contributed by atoms with E-state index in [1.807, 2.05) is 5.38 Å². The summed E-state index contributed by atoms with van der Waals surface area (Å²) in [6.07, 6.45) is 6.33. The van der Waals surface area contributed by atoms with Gasteiger partial charge >= 0.3 is 0 Å². The Kier molecular flexibility index (Phi) is 5.63. The third-order valence-corrected chi connectivity index (χ3v) is 4.71. The average Bonchev–Trinajstić information content (AvgIpc) is 2.95. The van der Waals surface area contributed by atoms with Gasteiger partial charge in [0.05, 0.1) is 10.4 Å². The van der Waals surface area contributed by atoms with Crippen LogP contribution in [0, 0.1) is 17.8 Å². The van der Waals surface area contributed by atoms with Gasteiger partial charge in [-0.3, -0.25) is 4.79 Å². The number of thiophene rings is 1. The van der Waals surface area contributed by atoms with Gasteiger partial charge in [-0.2, -0.15) is 0 Å². The summed E-state index contributed by atoms with van der Waals surface area (Å²) < 4.78 is 0. The van der Waals surface area contributed by atoms with E-state index in [2.05, 4.69) is 24.1 Å². The van der Waals surface area contributed by atoms with Crippen LogP contribution in [0.2, 0.25) is 0 Å². The van der Waals surface area contributed by atoms with Gasteiger partial charge < -0.3 is 10.4 Å². The largest absolute Gasteiger partial charge is 0.384 e. The lowest BCUT2D eigenvalue weighted by Crippen LogP contribution is -2.38. The molecule has 1 aromatic rings. The molecule has 4 heteroatoms. The zero-order valence-corrected chi connectivity index (χ0v) is 12.6. The number of aliphatic hydroxyl groups excluding tert-OH is 1. The maximum Gasteiger partial charge on any atom is 0.252 e. The minimum atomic E-state index is -0.155. The van der Waals surface area contributed by atoms with E-state index in [1.54, 1.807) is 6.07 Å². The maximum absolute atomic E-state index is 12.2. The van der Waals surface area contributed by atoms with E-state index < -0.39 is 0 Å². The van der Waals surface area contributed by atoms with E-state index in [4.69, 9.17) is 5.11 Å². The fourth-order valence-electron chi connectivity index (χ4n) is 2.69. The van der Waals surface area contributed by atoms with E-state index in [1.165, 1.54) is 43.4 Å². The van der Waals surface area contributed by atoms with Gasteiger partial charge in [0, 0.05) is 11.4 Å². The molecule has 20 heavy (non-hydrogen) atoms. The fraction of sp³-hybridized carbons (Fsp3) is 0.562. The van der Waals surface area contributed by atoms with Crippen molar-refractivity contribution in [2.75, 3.05) is 6.61 Å². The molecule has 1 aromatic heterocycles. The molecule has 1 aliphatic rings. The lowest BCUT2D eigenvalue weighted by molar-refractivity contribution is 0.0919. The molecule has 1 unspecified atom stereocenters. The summed E-state index contributed by atoms with van der Waals surface area (Å²) in [6, 6.07) is 2.02. The molecule has 1 heterocycles. The second-order valence-corrected chi connectivity index (χ2v) is 6.23. The standard InChI is InChI=1S/C16H21NO2S/c1-12(13-6-3-2-4-7-13)17-16(19)14-10-15(20-11-14)8-5-9-18/h10-13,18H,2-4,6-7,9H2,1H3,(H,17,19). The van der Waals surface area contributed by atoms with Crippen molar-refractivity contribution in [2.45, 2.75) is 45.1 Å². The second kappa shape index (κ2) is 7.47. The average molecular weight is 291 g/mol. The summed E-state index contributed by atoms with van der Waals surface area (Å²) in [5.41, 5.74) is 0.667. The normalized spacial score (nSPS) is 17.1. The molecule has 0 spiro atoms. The molecule has 1 atom stereocenters. The highest BCUT2D eigenvalue weighted by Gasteiger charge is 2.22. The number of rotatable bonds is 3. The van der Waals surface area contributed by atoms with Crippen LogP contribution in [0.1, 0.15) is 54.3 Å². The van der Waals surface area contributed by atoms with Gasteiger partial charge in [0.2, 0.25) is 0 Å². The van der Waals surface area contributed by atoms with Gasteiger partial charge in [-0.15, -0.1) is 11.3 Å². The first-order valence-electron chi connectivity index (χ1n) is 7.20. The van der Waals surface area contributed by atoms with Gasteiger partial charge in [0.25, 0.3) is 5.91 Å².